The van der Waals surface area contributed by atoms with E-state index in [0.717, 1.165) is 37.1 Å². The van der Waals surface area contributed by atoms with Gasteiger partial charge < -0.3 is 5.32 Å². The first-order valence-electron chi connectivity index (χ1n) is 6.75. The molecule has 1 saturated carbocycles. The minimum atomic E-state index is -0.862. The molecule has 1 aromatic carbocycles. The van der Waals surface area contributed by atoms with Crippen molar-refractivity contribution >= 4 is 5.82 Å². The van der Waals surface area contributed by atoms with Crippen molar-refractivity contribution in [3.05, 3.63) is 41.7 Å². The van der Waals surface area contributed by atoms with Crippen LogP contribution in [0.1, 0.15) is 31.5 Å². The van der Waals surface area contributed by atoms with E-state index in [1.165, 1.54) is 12.1 Å². The second-order valence-electron chi connectivity index (χ2n) is 4.93. The van der Waals surface area contributed by atoms with Crippen molar-refractivity contribution in [1.82, 2.24) is 9.97 Å². The second-order valence-corrected chi connectivity index (χ2v) is 4.93. The third-order valence-electron chi connectivity index (χ3n) is 3.26. The van der Waals surface area contributed by atoms with Crippen LogP contribution in [0.5, 0.6) is 0 Å². The van der Waals surface area contributed by atoms with Crippen molar-refractivity contribution in [3.8, 4) is 11.3 Å². The zero-order valence-corrected chi connectivity index (χ0v) is 11.2. The summed E-state index contributed by atoms with van der Waals surface area (Å²) < 4.78 is 26.4. The smallest absolute Gasteiger partial charge is 0.159 e. The Labute approximate surface area is 116 Å². The SMILES string of the molecule is CCNc1cc(-c2ccc(F)c(F)c2)nc(C2CC2)n1. The number of anilines is 1. The van der Waals surface area contributed by atoms with Crippen LogP contribution in [0, 0.1) is 11.6 Å². The lowest BCUT2D eigenvalue weighted by molar-refractivity contribution is 0.509. The van der Waals surface area contributed by atoms with Gasteiger partial charge in [0.15, 0.2) is 11.6 Å². The predicted molar refractivity (Wildman–Crippen MR) is 73.5 cm³/mol. The molecule has 1 fully saturated rings. The number of rotatable bonds is 4. The molecule has 1 N–H and O–H groups in total. The van der Waals surface area contributed by atoms with Crippen LogP contribution in [0.15, 0.2) is 24.3 Å². The van der Waals surface area contributed by atoms with Crippen LogP contribution in [0.25, 0.3) is 11.3 Å². The minimum absolute atomic E-state index is 0.401. The van der Waals surface area contributed by atoms with E-state index in [1.54, 1.807) is 6.07 Å². The van der Waals surface area contributed by atoms with Gasteiger partial charge in [-0.1, -0.05) is 0 Å². The Bertz CT molecular complexity index is 639. The summed E-state index contributed by atoms with van der Waals surface area (Å²) in [5.41, 5.74) is 1.18. The molecule has 0 amide bonds. The minimum Gasteiger partial charge on any atom is -0.370 e. The molecular weight excluding hydrogens is 260 g/mol. The van der Waals surface area contributed by atoms with Gasteiger partial charge in [0.05, 0.1) is 5.69 Å². The Morgan fingerprint density at radius 3 is 2.60 bits per heavy atom. The van der Waals surface area contributed by atoms with Crippen molar-refractivity contribution in [2.24, 2.45) is 0 Å². The Morgan fingerprint density at radius 2 is 1.95 bits per heavy atom. The first kappa shape index (κ1) is 13.0. The average Bonchev–Trinajstić information content (AvgIpc) is 3.26. The van der Waals surface area contributed by atoms with Crippen LogP contribution in [0.3, 0.4) is 0 Å². The summed E-state index contributed by atoms with van der Waals surface area (Å²) in [5, 5.41) is 3.15. The van der Waals surface area contributed by atoms with Crippen LogP contribution in [0.2, 0.25) is 0 Å². The van der Waals surface area contributed by atoms with Gasteiger partial charge >= 0.3 is 0 Å². The quantitative estimate of drug-likeness (QED) is 0.923. The van der Waals surface area contributed by atoms with Crippen LogP contribution < -0.4 is 5.32 Å². The summed E-state index contributed by atoms with van der Waals surface area (Å²) in [4.78, 5) is 8.94. The van der Waals surface area contributed by atoms with E-state index in [4.69, 9.17) is 0 Å². The maximum Gasteiger partial charge on any atom is 0.159 e. The van der Waals surface area contributed by atoms with E-state index in [9.17, 15) is 8.78 Å². The normalized spacial score (nSPS) is 14.3. The van der Waals surface area contributed by atoms with Gasteiger partial charge in [0.25, 0.3) is 0 Å². The first-order chi connectivity index (χ1) is 9.67. The molecule has 5 heteroatoms. The summed E-state index contributed by atoms with van der Waals surface area (Å²) in [6, 6.07) is 5.59. The zero-order valence-electron chi connectivity index (χ0n) is 11.2. The zero-order chi connectivity index (χ0) is 14.1. The van der Waals surface area contributed by atoms with Crippen molar-refractivity contribution in [2.75, 3.05) is 11.9 Å². The average molecular weight is 275 g/mol. The molecule has 1 aliphatic rings. The highest BCUT2D eigenvalue weighted by Crippen LogP contribution is 2.39. The maximum absolute atomic E-state index is 13.4. The second kappa shape index (κ2) is 5.15. The first-order valence-corrected chi connectivity index (χ1v) is 6.75. The lowest BCUT2D eigenvalue weighted by Crippen LogP contribution is -2.04. The lowest BCUT2D eigenvalue weighted by atomic mass is 10.1. The van der Waals surface area contributed by atoms with Gasteiger partial charge in [0, 0.05) is 24.1 Å². The third kappa shape index (κ3) is 2.61. The van der Waals surface area contributed by atoms with Crippen molar-refractivity contribution in [3.63, 3.8) is 0 Å². The Hall–Kier alpha value is -2.04. The Balaban J connectivity index is 2.04. The Kier molecular flexibility index (Phi) is 3.34. The molecule has 1 aliphatic carbocycles. The molecule has 3 rings (SSSR count). The molecule has 0 unspecified atom stereocenters. The van der Waals surface area contributed by atoms with E-state index in [1.807, 2.05) is 6.92 Å². The summed E-state index contributed by atoms with van der Waals surface area (Å²) in [6.45, 7) is 2.73. The van der Waals surface area contributed by atoms with Gasteiger partial charge in [-0.05, 0) is 38.0 Å². The molecule has 1 aromatic heterocycles. The lowest BCUT2D eigenvalue weighted by Gasteiger charge is -2.09. The number of nitrogens with one attached hydrogen (secondary N) is 1. The van der Waals surface area contributed by atoms with Gasteiger partial charge in [0.1, 0.15) is 11.6 Å². The van der Waals surface area contributed by atoms with E-state index in [0.29, 0.717) is 17.2 Å². The fourth-order valence-electron chi connectivity index (χ4n) is 2.06. The molecule has 1 heterocycles. The standard InChI is InChI=1S/C15H15F2N3/c1-2-18-14-8-13(19-15(20-14)9-3-4-9)10-5-6-11(16)12(17)7-10/h5-9H,2-4H2,1H3,(H,18,19,20). The molecule has 0 radical (unpaired) electrons. The highest BCUT2D eigenvalue weighted by Gasteiger charge is 2.27. The number of benzene rings is 1. The van der Waals surface area contributed by atoms with E-state index in [-0.39, 0.29) is 0 Å². The van der Waals surface area contributed by atoms with Gasteiger partial charge in [-0.15, -0.1) is 0 Å². The summed E-state index contributed by atoms with van der Waals surface area (Å²) in [6.07, 6.45) is 2.18. The van der Waals surface area contributed by atoms with Crippen LogP contribution in [-0.4, -0.2) is 16.5 Å². The van der Waals surface area contributed by atoms with Gasteiger partial charge in [-0.2, -0.15) is 0 Å². The summed E-state index contributed by atoms with van der Waals surface area (Å²) in [5.74, 6) is 0.196. The van der Waals surface area contributed by atoms with E-state index in [2.05, 4.69) is 15.3 Å². The van der Waals surface area contributed by atoms with E-state index < -0.39 is 11.6 Å². The predicted octanol–water partition coefficient (Wildman–Crippen LogP) is 3.73. The summed E-state index contributed by atoms with van der Waals surface area (Å²) >= 11 is 0. The fourth-order valence-corrected chi connectivity index (χ4v) is 2.06. The molecule has 20 heavy (non-hydrogen) atoms. The van der Waals surface area contributed by atoms with E-state index >= 15 is 0 Å². The monoisotopic (exact) mass is 275 g/mol. The van der Waals surface area contributed by atoms with Crippen molar-refractivity contribution in [1.29, 1.82) is 0 Å². The maximum atomic E-state index is 13.4. The highest BCUT2D eigenvalue weighted by atomic mass is 19.2. The molecular formula is C15H15F2N3. The molecule has 2 aromatic rings. The van der Waals surface area contributed by atoms with Gasteiger partial charge in [-0.3, -0.25) is 0 Å². The number of hydrogen-bond acceptors (Lipinski definition) is 3. The largest absolute Gasteiger partial charge is 0.370 e. The van der Waals surface area contributed by atoms with Gasteiger partial charge in [0.2, 0.25) is 0 Å². The molecule has 0 spiro atoms. The number of aromatic nitrogens is 2. The highest BCUT2D eigenvalue weighted by molar-refractivity contribution is 5.62. The molecule has 3 nitrogen and oxygen atoms in total. The molecule has 0 atom stereocenters. The topological polar surface area (TPSA) is 37.8 Å². The third-order valence-corrected chi connectivity index (χ3v) is 3.26. The number of nitrogens with zero attached hydrogens (tertiary/aromatic N) is 2. The number of hydrogen-bond donors (Lipinski definition) is 1. The van der Waals surface area contributed by atoms with Gasteiger partial charge in [-0.25, -0.2) is 18.7 Å². The van der Waals surface area contributed by atoms with Crippen molar-refractivity contribution < 1.29 is 8.78 Å². The molecule has 0 bridgehead atoms. The van der Waals surface area contributed by atoms with Crippen molar-refractivity contribution in [2.45, 2.75) is 25.7 Å². The van der Waals surface area contributed by atoms with Crippen LogP contribution in [-0.2, 0) is 0 Å². The summed E-state index contributed by atoms with van der Waals surface area (Å²) in [7, 11) is 0. The molecule has 104 valence electrons. The Morgan fingerprint density at radius 1 is 1.15 bits per heavy atom. The fraction of sp³-hybridized carbons (Fsp3) is 0.333. The van der Waals surface area contributed by atoms with Crippen LogP contribution >= 0.6 is 0 Å². The molecule has 0 aliphatic heterocycles. The van der Waals surface area contributed by atoms with Crippen LogP contribution in [0.4, 0.5) is 14.6 Å². The molecule has 0 saturated heterocycles. The number of halogens is 2.